The lowest BCUT2D eigenvalue weighted by Gasteiger charge is -2.15. The molecule has 0 atom stereocenters. The zero-order chi connectivity index (χ0) is 25.7. The number of rotatable bonds is 10. The van der Waals surface area contributed by atoms with Crippen LogP contribution in [0.2, 0.25) is 0 Å². The SMILES string of the molecule is COc1cnc(Nc2cc(-c3ccc(NS(=O)(=O)C(F)F)c(OCc4ccc(F)cc4)c3)[nH]n2)cn1. The lowest BCUT2D eigenvalue weighted by atomic mass is 10.1. The average molecular weight is 520 g/mol. The summed E-state index contributed by atoms with van der Waals surface area (Å²) in [5.41, 5.74) is 1.42. The fourth-order valence-electron chi connectivity index (χ4n) is 2.98. The van der Waals surface area contributed by atoms with Crippen molar-refractivity contribution in [2.75, 3.05) is 17.1 Å². The van der Waals surface area contributed by atoms with Gasteiger partial charge in [-0.3, -0.25) is 9.82 Å². The zero-order valence-electron chi connectivity index (χ0n) is 18.6. The number of aromatic nitrogens is 4. The molecule has 36 heavy (non-hydrogen) atoms. The van der Waals surface area contributed by atoms with Gasteiger partial charge in [0.2, 0.25) is 5.88 Å². The van der Waals surface area contributed by atoms with Crippen molar-refractivity contribution in [2.45, 2.75) is 12.4 Å². The van der Waals surface area contributed by atoms with Gasteiger partial charge in [0, 0.05) is 11.6 Å². The molecular weight excluding hydrogens is 501 g/mol. The molecule has 2 aromatic carbocycles. The molecule has 0 radical (unpaired) electrons. The summed E-state index contributed by atoms with van der Waals surface area (Å²) in [6, 6.07) is 11.3. The van der Waals surface area contributed by atoms with Gasteiger partial charge in [0.25, 0.3) is 10.0 Å². The molecule has 0 unspecified atom stereocenters. The third-order valence-corrected chi connectivity index (χ3v) is 5.73. The third kappa shape index (κ3) is 6.02. The molecule has 0 aliphatic carbocycles. The lowest BCUT2D eigenvalue weighted by molar-refractivity contribution is 0.236. The highest BCUT2D eigenvalue weighted by Crippen LogP contribution is 2.33. The molecule has 0 bridgehead atoms. The standard InChI is InChI=1S/C22H19F3N6O4S/c1-34-21-11-26-20(10-27-21)28-19-9-17(29-30-19)14-4-7-16(31-36(32,33)22(24)25)18(8-14)35-12-13-2-5-15(23)6-3-13/h2-11,22,31H,12H2,1H3,(H2,26,28,29,30). The molecule has 4 aromatic rings. The highest BCUT2D eigenvalue weighted by Gasteiger charge is 2.25. The van der Waals surface area contributed by atoms with Crippen molar-refractivity contribution in [1.82, 2.24) is 20.2 Å². The molecule has 0 amide bonds. The summed E-state index contributed by atoms with van der Waals surface area (Å²) in [5.74, 6) is -2.93. The van der Waals surface area contributed by atoms with Crippen molar-refractivity contribution in [2.24, 2.45) is 0 Å². The van der Waals surface area contributed by atoms with Crippen molar-refractivity contribution < 1.29 is 31.1 Å². The zero-order valence-corrected chi connectivity index (χ0v) is 19.4. The fourth-order valence-corrected chi connectivity index (χ4v) is 3.55. The Kier molecular flexibility index (Phi) is 7.24. The van der Waals surface area contributed by atoms with Crippen molar-refractivity contribution in [3.63, 3.8) is 0 Å². The minimum atomic E-state index is -4.94. The van der Waals surface area contributed by atoms with Gasteiger partial charge in [-0.1, -0.05) is 18.2 Å². The van der Waals surface area contributed by atoms with E-state index in [-0.39, 0.29) is 18.0 Å². The number of nitrogens with one attached hydrogen (secondary N) is 3. The van der Waals surface area contributed by atoms with E-state index < -0.39 is 21.6 Å². The van der Waals surface area contributed by atoms with E-state index in [2.05, 4.69) is 25.5 Å². The van der Waals surface area contributed by atoms with Crippen LogP contribution >= 0.6 is 0 Å². The van der Waals surface area contributed by atoms with E-state index in [0.717, 1.165) is 0 Å². The number of hydrogen-bond donors (Lipinski definition) is 3. The first-order chi connectivity index (χ1) is 17.2. The molecule has 188 valence electrons. The summed E-state index contributed by atoms with van der Waals surface area (Å²) in [4.78, 5) is 8.18. The molecule has 4 rings (SSSR count). The van der Waals surface area contributed by atoms with Crippen LogP contribution in [0.5, 0.6) is 11.6 Å². The second kappa shape index (κ2) is 10.5. The molecule has 3 N–H and O–H groups in total. The highest BCUT2D eigenvalue weighted by molar-refractivity contribution is 7.93. The number of methoxy groups -OCH3 is 1. The smallest absolute Gasteiger partial charge is 0.355 e. The number of nitrogens with zero attached hydrogens (tertiary/aromatic N) is 3. The Hall–Kier alpha value is -4.33. The Morgan fingerprint density at radius 3 is 2.47 bits per heavy atom. The van der Waals surface area contributed by atoms with Crippen LogP contribution in [0.25, 0.3) is 11.3 Å². The van der Waals surface area contributed by atoms with Crippen LogP contribution in [-0.2, 0) is 16.6 Å². The summed E-state index contributed by atoms with van der Waals surface area (Å²) in [7, 11) is -3.47. The van der Waals surface area contributed by atoms with Crippen LogP contribution in [0, 0.1) is 5.82 Å². The van der Waals surface area contributed by atoms with Gasteiger partial charge in [-0.05, 0) is 29.8 Å². The number of alkyl halides is 2. The molecule has 0 spiro atoms. The van der Waals surface area contributed by atoms with E-state index in [1.54, 1.807) is 6.07 Å². The summed E-state index contributed by atoms with van der Waals surface area (Å²) in [6.07, 6.45) is 2.89. The Bertz CT molecular complexity index is 1430. The van der Waals surface area contributed by atoms with Crippen LogP contribution in [-0.4, -0.2) is 41.5 Å². The largest absolute Gasteiger partial charge is 0.487 e. The normalized spacial score (nSPS) is 11.4. The number of hydrogen-bond acceptors (Lipinski definition) is 8. The number of anilines is 3. The molecule has 0 saturated heterocycles. The third-order valence-electron chi connectivity index (χ3n) is 4.76. The minimum Gasteiger partial charge on any atom is -0.487 e. The molecule has 0 aliphatic rings. The van der Waals surface area contributed by atoms with Gasteiger partial charge in [0.05, 0.1) is 30.9 Å². The maximum atomic E-state index is 13.2. The van der Waals surface area contributed by atoms with Crippen LogP contribution in [0.3, 0.4) is 0 Å². The fraction of sp³-hybridized carbons (Fsp3) is 0.136. The maximum absolute atomic E-state index is 13.2. The predicted octanol–water partition coefficient (Wildman–Crippen LogP) is 4.30. The van der Waals surface area contributed by atoms with Gasteiger partial charge in [-0.15, -0.1) is 0 Å². The Morgan fingerprint density at radius 2 is 1.81 bits per heavy atom. The van der Waals surface area contributed by atoms with Crippen LogP contribution in [0.1, 0.15) is 5.56 Å². The number of aromatic amines is 1. The topological polar surface area (TPSA) is 131 Å². The van der Waals surface area contributed by atoms with E-state index in [1.165, 1.54) is 62.0 Å². The summed E-state index contributed by atoms with van der Waals surface area (Å²) < 4.78 is 75.0. The van der Waals surface area contributed by atoms with E-state index in [4.69, 9.17) is 9.47 Å². The van der Waals surface area contributed by atoms with Gasteiger partial charge in [-0.25, -0.2) is 22.8 Å². The monoisotopic (exact) mass is 520 g/mol. The Balaban J connectivity index is 1.58. The molecule has 0 saturated carbocycles. The number of ether oxygens (including phenoxy) is 2. The van der Waals surface area contributed by atoms with E-state index in [9.17, 15) is 21.6 Å². The molecule has 2 heterocycles. The molecular formula is C22H19F3N6O4S. The van der Waals surface area contributed by atoms with Crippen molar-refractivity contribution in [3.8, 4) is 22.9 Å². The quantitative estimate of drug-likeness (QED) is 0.282. The Morgan fingerprint density at radius 1 is 1.03 bits per heavy atom. The summed E-state index contributed by atoms with van der Waals surface area (Å²) in [5, 5.41) is 9.92. The van der Waals surface area contributed by atoms with Crippen LogP contribution < -0.4 is 19.5 Å². The molecule has 10 nitrogen and oxygen atoms in total. The molecule has 0 fully saturated rings. The van der Waals surface area contributed by atoms with Crippen molar-refractivity contribution in [1.29, 1.82) is 0 Å². The minimum absolute atomic E-state index is 0.0221. The number of benzene rings is 2. The van der Waals surface area contributed by atoms with E-state index in [0.29, 0.717) is 34.3 Å². The molecule has 14 heteroatoms. The van der Waals surface area contributed by atoms with Gasteiger partial charge in [0.1, 0.15) is 24.0 Å². The maximum Gasteiger partial charge on any atom is 0.355 e. The summed E-state index contributed by atoms with van der Waals surface area (Å²) in [6.45, 7) is -0.0704. The second-order valence-electron chi connectivity index (χ2n) is 7.27. The highest BCUT2D eigenvalue weighted by atomic mass is 32.2. The Labute approximate surface area is 203 Å². The first-order valence-electron chi connectivity index (χ1n) is 10.2. The number of H-pyrrole nitrogens is 1. The van der Waals surface area contributed by atoms with Crippen LogP contribution in [0.15, 0.2) is 60.9 Å². The first-order valence-corrected chi connectivity index (χ1v) is 11.8. The first kappa shape index (κ1) is 24.8. The number of halogens is 3. The molecule has 0 aliphatic heterocycles. The summed E-state index contributed by atoms with van der Waals surface area (Å²) >= 11 is 0. The molecule has 2 aromatic heterocycles. The van der Waals surface area contributed by atoms with E-state index >= 15 is 0 Å². The van der Waals surface area contributed by atoms with E-state index in [1.807, 2.05) is 4.72 Å². The predicted molar refractivity (Wildman–Crippen MR) is 125 cm³/mol. The number of sulfonamides is 1. The van der Waals surface area contributed by atoms with Gasteiger partial charge < -0.3 is 14.8 Å². The lowest BCUT2D eigenvalue weighted by Crippen LogP contribution is -2.21. The van der Waals surface area contributed by atoms with Gasteiger partial charge in [-0.2, -0.15) is 13.9 Å². The van der Waals surface area contributed by atoms with Crippen LogP contribution in [0.4, 0.5) is 30.5 Å². The van der Waals surface area contributed by atoms with Gasteiger partial charge >= 0.3 is 5.76 Å². The van der Waals surface area contributed by atoms with Crippen molar-refractivity contribution in [3.05, 3.63) is 72.3 Å². The van der Waals surface area contributed by atoms with Crippen molar-refractivity contribution >= 4 is 27.3 Å². The average Bonchev–Trinajstić information content (AvgIpc) is 3.33. The van der Waals surface area contributed by atoms with Gasteiger partial charge in [0.15, 0.2) is 5.82 Å². The second-order valence-corrected chi connectivity index (χ2v) is 8.92.